The van der Waals surface area contributed by atoms with Crippen molar-refractivity contribution in [2.75, 3.05) is 45.7 Å². The highest BCUT2D eigenvalue weighted by Gasteiger charge is 2.34. The quantitative estimate of drug-likeness (QED) is 0.560. The van der Waals surface area contributed by atoms with Crippen molar-refractivity contribution in [3.05, 3.63) is 65.9 Å². The molecule has 32 heavy (non-hydrogen) atoms. The first-order valence-electron chi connectivity index (χ1n) is 10.5. The van der Waals surface area contributed by atoms with Crippen molar-refractivity contribution in [2.45, 2.75) is 5.92 Å². The predicted octanol–water partition coefficient (Wildman–Crippen LogP) is 2.38. The van der Waals surface area contributed by atoms with Crippen LogP contribution in [0.4, 0.5) is 10.5 Å². The van der Waals surface area contributed by atoms with Crippen LogP contribution < -0.4 is 10.2 Å². The van der Waals surface area contributed by atoms with Crippen molar-refractivity contribution in [1.29, 1.82) is 0 Å². The summed E-state index contributed by atoms with van der Waals surface area (Å²) in [6, 6.07) is 15.8. The van der Waals surface area contributed by atoms with E-state index in [4.69, 9.17) is 0 Å². The summed E-state index contributed by atoms with van der Waals surface area (Å²) in [6.07, 6.45) is 1.98. The van der Waals surface area contributed by atoms with Crippen LogP contribution in [0.1, 0.15) is 17.0 Å². The highest BCUT2D eigenvalue weighted by atomic mass is 16.2. The van der Waals surface area contributed by atoms with Gasteiger partial charge in [0.25, 0.3) is 5.91 Å². The molecule has 1 atom stereocenters. The summed E-state index contributed by atoms with van der Waals surface area (Å²) in [4.78, 5) is 44.3. The Kier molecular flexibility index (Phi) is 5.85. The average molecular weight is 434 g/mol. The van der Waals surface area contributed by atoms with Crippen LogP contribution in [0.5, 0.6) is 0 Å². The van der Waals surface area contributed by atoms with Gasteiger partial charge in [-0.25, -0.2) is 4.79 Å². The number of nitrogens with one attached hydrogen (secondary N) is 2. The topological polar surface area (TPSA) is 88.8 Å². The lowest BCUT2D eigenvalue weighted by atomic mass is 9.90. The molecule has 1 aliphatic heterocycles. The molecule has 1 aliphatic rings. The van der Waals surface area contributed by atoms with Crippen molar-refractivity contribution in [1.82, 2.24) is 20.1 Å². The lowest BCUT2D eigenvalue weighted by molar-refractivity contribution is -0.130. The summed E-state index contributed by atoms with van der Waals surface area (Å²) in [7, 11) is 5.53. The molecule has 3 aromatic rings. The van der Waals surface area contributed by atoms with E-state index in [0.29, 0.717) is 6.54 Å². The molecule has 0 aliphatic carbocycles. The summed E-state index contributed by atoms with van der Waals surface area (Å²) < 4.78 is 0. The zero-order chi connectivity index (χ0) is 22.8. The highest BCUT2D eigenvalue weighted by molar-refractivity contribution is 6.04. The van der Waals surface area contributed by atoms with Crippen LogP contribution in [-0.2, 0) is 9.59 Å². The number of likely N-dealkylation sites (N-methyl/N-ethyl adjacent to an activating group) is 1. The van der Waals surface area contributed by atoms with Crippen LogP contribution in [0.3, 0.4) is 0 Å². The number of hydrogen-bond acceptors (Lipinski definition) is 4. The number of amides is 4. The number of benzene rings is 2. The van der Waals surface area contributed by atoms with Crippen LogP contribution >= 0.6 is 0 Å². The summed E-state index contributed by atoms with van der Waals surface area (Å²) in [5.41, 5.74) is 4.26. The molecule has 0 saturated carbocycles. The number of anilines is 1. The second-order valence-corrected chi connectivity index (χ2v) is 8.25. The number of urea groups is 1. The lowest BCUT2D eigenvalue weighted by Gasteiger charge is -2.21. The molecule has 4 rings (SSSR count). The van der Waals surface area contributed by atoms with E-state index in [9.17, 15) is 14.4 Å². The number of fused-ring (bicyclic) bond motifs is 1. The Bertz CT molecular complexity index is 1150. The highest BCUT2D eigenvalue weighted by Crippen LogP contribution is 2.31. The maximum absolute atomic E-state index is 12.6. The predicted molar refractivity (Wildman–Crippen MR) is 124 cm³/mol. The molecule has 0 radical (unpaired) electrons. The first kappa shape index (κ1) is 21.4. The van der Waals surface area contributed by atoms with Crippen molar-refractivity contribution >= 4 is 34.4 Å². The number of carbonyl (C=O) groups is 3. The molecule has 1 saturated heterocycles. The second kappa shape index (κ2) is 8.74. The van der Waals surface area contributed by atoms with Gasteiger partial charge in [-0.3, -0.25) is 14.5 Å². The molecule has 1 aromatic heterocycles. The van der Waals surface area contributed by atoms with E-state index in [0.717, 1.165) is 32.6 Å². The van der Waals surface area contributed by atoms with Crippen molar-refractivity contribution in [2.24, 2.45) is 0 Å². The molecular weight excluding hydrogens is 406 g/mol. The molecule has 0 bridgehead atoms. The Balaban J connectivity index is 1.56. The summed E-state index contributed by atoms with van der Waals surface area (Å²) >= 11 is 0. The number of carbonyl (C=O) groups excluding carboxylic acids is 3. The molecular formula is C24H27N5O3. The number of aromatic amines is 1. The number of aromatic nitrogens is 1. The molecule has 2 aromatic carbocycles. The van der Waals surface area contributed by atoms with Gasteiger partial charge >= 0.3 is 6.03 Å². The number of imide groups is 1. The Morgan fingerprint density at radius 2 is 1.84 bits per heavy atom. The fourth-order valence-corrected chi connectivity index (χ4v) is 4.03. The average Bonchev–Trinajstić information content (AvgIpc) is 3.30. The van der Waals surface area contributed by atoms with Gasteiger partial charge in [0.05, 0.1) is 0 Å². The van der Waals surface area contributed by atoms with Crippen molar-refractivity contribution < 1.29 is 14.4 Å². The zero-order valence-electron chi connectivity index (χ0n) is 18.5. The monoisotopic (exact) mass is 433 g/mol. The Hall–Kier alpha value is -3.81. The maximum atomic E-state index is 12.6. The SMILES string of the molecule is CN1CC(=O)N(CC(=O)NC[C@@H](c2ccc(N(C)C)cc2)c2c[nH]c3ccccc23)C1=O. The third kappa shape index (κ3) is 4.16. The minimum atomic E-state index is -0.447. The summed E-state index contributed by atoms with van der Waals surface area (Å²) in [6.45, 7) is 0.0680. The van der Waals surface area contributed by atoms with Crippen molar-refractivity contribution in [3.8, 4) is 0 Å². The number of H-pyrrole nitrogens is 1. The molecule has 4 amide bonds. The standard InChI is InChI=1S/C24H27N5O3/c1-27(2)17-10-8-16(9-11-17)19(20-13-25-21-7-5-4-6-18(20)21)12-26-22(30)14-29-23(31)15-28(3)24(29)32/h4-11,13,19,25H,12,14-15H2,1-3H3,(H,26,30)/t19-/m0/s1. The van der Waals surface area contributed by atoms with Gasteiger partial charge < -0.3 is 20.1 Å². The molecule has 166 valence electrons. The van der Waals surface area contributed by atoms with Gasteiger partial charge in [-0.2, -0.15) is 0 Å². The van der Waals surface area contributed by atoms with Crippen LogP contribution in [0.25, 0.3) is 10.9 Å². The van der Waals surface area contributed by atoms with Crippen LogP contribution in [0.2, 0.25) is 0 Å². The zero-order valence-corrected chi connectivity index (χ0v) is 18.5. The minimum absolute atomic E-state index is 0.00228. The Labute approximate surface area is 186 Å². The fraction of sp³-hybridized carbons (Fsp3) is 0.292. The first-order valence-corrected chi connectivity index (χ1v) is 10.5. The smallest absolute Gasteiger partial charge is 0.327 e. The fourth-order valence-electron chi connectivity index (χ4n) is 4.03. The molecule has 8 nitrogen and oxygen atoms in total. The van der Waals surface area contributed by atoms with Gasteiger partial charge in [-0.1, -0.05) is 30.3 Å². The summed E-state index contributed by atoms with van der Waals surface area (Å²) in [5.74, 6) is -0.823. The van der Waals surface area contributed by atoms with Gasteiger partial charge in [-0.15, -0.1) is 0 Å². The van der Waals surface area contributed by atoms with E-state index in [2.05, 4.69) is 40.6 Å². The minimum Gasteiger partial charge on any atom is -0.378 e. The van der Waals surface area contributed by atoms with E-state index in [1.807, 2.05) is 43.4 Å². The van der Waals surface area contributed by atoms with Crippen LogP contribution in [-0.4, -0.2) is 73.4 Å². The Morgan fingerprint density at radius 3 is 2.50 bits per heavy atom. The number of nitrogens with zero attached hydrogens (tertiary/aromatic N) is 3. The molecule has 0 unspecified atom stereocenters. The number of rotatable bonds is 7. The molecule has 2 heterocycles. The van der Waals surface area contributed by atoms with Gasteiger partial charge in [0.2, 0.25) is 5.91 Å². The van der Waals surface area contributed by atoms with E-state index >= 15 is 0 Å². The van der Waals surface area contributed by atoms with E-state index in [1.54, 1.807) is 7.05 Å². The third-order valence-electron chi connectivity index (χ3n) is 5.84. The maximum Gasteiger partial charge on any atom is 0.327 e. The third-order valence-corrected chi connectivity index (χ3v) is 5.84. The first-order chi connectivity index (χ1) is 15.3. The molecule has 0 spiro atoms. The number of hydrogen-bond donors (Lipinski definition) is 2. The van der Waals surface area contributed by atoms with Crippen LogP contribution in [0, 0.1) is 0 Å². The van der Waals surface area contributed by atoms with Gasteiger partial charge in [0.1, 0.15) is 13.1 Å². The molecule has 8 heteroatoms. The largest absolute Gasteiger partial charge is 0.378 e. The molecule has 1 fully saturated rings. The summed E-state index contributed by atoms with van der Waals surface area (Å²) in [5, 5.41) is 4.02. The van der Waals surface area contributed by atoms with E-state index in [-0.39, 0.29) is 30.8 Å². The van der Waals surface area contributed by atoms with Crippen molar-refractivity contribution in [3.63, 3.8) is 0 Å². The number of para-hydroxylation sites is 1. The van der Waals surface area contributed by atoms with Crippen LogP contribution in [0.15, 0.2) is 54.7 Å². The Morgan fingerprint density at radius 1 is 1.12 bits per heavy atom. The van der Waals surface area contributed by atoms with E-state index in [1.165, 1.54) is 4.90 Å². The second-order valence-electron chi connectivity index (χ2n) is 8.25. The van der Waals surface area contributed by atoms with Gasteiger partial charge in [0, 0.05) is 56.4 Å². The van der Waals surface area contributed by atoms with Gasteiger partial charge in [0.15, 0.2) is 0 Å². The van der Waals surface area contributed by atoms with Gasteiger partial charge in [-0.05, 0) is 29.3 Å². The molecule has 2 N–H and O–H groups in total. The lowest BCUT2D eigenvalue weighted by Crippen LogP contribution is -2.42. The normalized spacial score (nSPS) is 14.8. The van der Waals surface area contributed by atoms with E-state index < -0.39 is 6.03 Å².